The molecule has 17 heavy (non-hydrogen) atoms. The van der Waals surface area contributed by atoms with E-state index in [-0.39, 0.29) is 17.7 Å². The zero-order valence-electron chi connectivity index (χ0n) is 9.53. The van der Waals surface area contributed by atoms with Crippen LogP contribution in [-0.4, -0.2) is 16.7 Å². The van der Waals surface area contributed by atoms with Crippen molar-refractivity contribution in [1.82, 2.24) is 0 Å². The first kappa shape index (κ1) is 13.0. The molecular weight excluding hydrogens is 225 g/mol. The summed E-state index contributed by atoms with van der Waals surface area (Å²) in [7, 11) is 0. The van der Waals surface area contributed by atoms with E-state index >= 15 is 0 Å². The van der Waals surface area contributed by atoms with Gasteiger partial charge < -0.3 is 9.84 Å². The second-order valence-electron chi connectivity index (χ2n) is 3.72. The summed E-state index contributed by atoms with van der Waals surface area (Å²) in [5, 5.41) is 17.8. The summed E-state index contributed by atoms with van der Waals surface area (Å²) in [5.41, 5.74) is -1.76. The predicted octanol–water partition coefficient (Wildman–Crippen LogP) is 2.33. The summed E-state index contributed by atoms with van der Waals surface area (Å²) < 4.78 is 18.5. The molecule has 4 nitrogen and oxygen atoms in total. The first-order chi connectivity index (χ1) is 7.94. The monoisotopic (exact) mass is 237 g/mol. The maximum atomic E-state index is 13.3. The van der Waals surface area contributed by atoms with Gasteiger partial charge >= 0.3 is 5.97 Å². The minimum atomic E-state index is -1.47. The van der Waals surface area contributed by atoms with Crippen molar-refractivity contribution in [2.24, 2.45) is 0 Å². The van der Waals surface area contributed by atoms with Crippen LogP contribution in [0.25, 0.3) is 0 Å². The van der Waals surface area contributed by atoms with E-state index < -0.39 is 17.4 Å². The van der Waals surface area contributed by atoms with Gasteiger partial charge in [0.25, 0.3) is 0 Å². The number of carbonyl (C=O) groups is 1. The third-order valence-electron chi connectivity index (χ3n) is 2.55. The van der Waals surface area contributed by atoms with E-state index in [4.69, 9.17) is 15.1 Å². The Morgan fingerprint density at radius 3 is 2.76 bits per heavy atom. The fraction of sp³-hybridized carbons (Fsp3) is 0.333. The normalized spacial score (nSPS) is 13.5. The Hall–Kier alpha value is -2.09. The lowest BCUT2D eigenvalue weighted by Gasteiger charge is -2.25. The summed E-state index contributed by atoms with van der Waals surface area (Å²) >= 11 is 0. The second-order valence-corrected chi connectivity index (χ2v) is 3.72. The molecule has 0 aliphatic rings. The quantitative estimate of drug-likeness (QED) is 0.872. The van der Waals surface area contributed by atoms with Crippen molar-refractivity contribution in [1.29, 1.82) is 5.26 Å². The van der Waals surface area contributed by atoms with E-state index in [2.05, 4.69) is 0 Å². The van der Waals surface area contributed by atoms with E-state index in [0.29, 0.717) is 0 Å². The summed E-state index contributed by atoms with van der Waals surface area (Å²) in [5.74, 6) is -1.94. The van der Waals surface area contributed by atoms with Gasteiger partial charge in [-0.15, -0.1) is 0 Å². The molecule has 90 valence electrons. The van der Waals surface area contributed by atoms with Crippen molar-refractivity contribution in [3.05, 3.63) is 29.6 Å². The average molecular weight is 237 g/mol. The van der Waals surface area contributed by atoms with E-state index in [9.17, 15) is 9.18 Å². The molecule has 1 atom stereocenters. The summed E-state index contributed by atoms with van der Waals surface area (Å²) in [6, 6.07) is 5.52. The lowest BCUT2D eigenvalue weighted by Crippen LogP contribution is -2.40. The minimum Gasteiger partial charge on any atom is -0.478 e. The van der Waals surface area contributed by atoms with Gasteiger partial charge in [-0.25, -0.2) is 9.18 Å². The summed E-state index contributed by atoms with van der Waals surface area (Å²) in [6.45, 7) is 3.01. The van der Waals surface area contributed by atoms with Crippen molar-refractivity contribution < 1.29 is 19.0 Å². The van der Waals surface area contributed by atoms with Crippen LogP contribution in [0.4, 0.5) is 4.39 Å². The van der Waals surface area contributed by atoms with Gasteiger partial charge in [-0.05, 0) is 25.5 Å². The van der Waals surface area contributed by atoms with Gasteiger partial charge in [0.2, 0.25) is 5.60 Å². The SMILES string of the molecule is CCC(C)(Oc1cccc(F)c1C#N)C(=O)O. The lowest BCUT2D eigenvalue weighted by atomic mass is 10.0. The van der Waals surface area contributed by atoms with Crippen molar-refractivity contribution in [3.63, 3.8) is 0 Å². The lowest BCUT2D eigenvalue weighted by molar-refractivity contribution is -0.154. The molecule has 0 amide bonds. The number of hydrogen-bond donors (Lipinski definition) is 1. The highest BCUT2D eigenvalue weighted by atomic mass is 19.1. The topological polar surface area (TPSA) is 70.3 Å². The van der Waals surface area contributed by atoms with Crippen LogP contribution >= 0.6 is 0 Å². The molecule has 1 rings (SSSR count). The van der Waals surface area contributed by atoms with Gasteiger partial charge in [-0.3, -0.25) is 0 Å². The summed E-state index contributed by atoms with van der Waals surface area (Å²) in [6.07, 6.45) is 0.198. The smallest absolute Gasteiger partial charge is 0.347 e. The molecule has 1 aromatic rings. The first-order valence-electron chi connectivity index (χ1n) is 5.05. The minimum absolute atomic E-state index is 0.0562. The third kappa shape index (κ3) is 2.53. The standard InChI is InChI=1S/C12H12FNO3/c1-3-12(2,11(15)16)17-10-6-4-5-9(13)8(10)7-14/h4-6H,3H2,1-2H3,(H,15,16). The van der Waals surface area contributed by atoms with Gasteiger partial charge in [0, 0.05) is 0 Å². The zero-order chi connectivity index (χ0) is 13.1. The molecule has 0 aromatic heterocycles. The van der Waals surface area contributed by atoms with Crippen molar-refractivity contribution in [2.75, 3.05) is 0 Å². The van der Waals surface area contributed by atoms with Gasteiger partial charge in [0.1, 0.15) is 23.2 Å². The highest BCUT2D eigenvalue weighted by molar-refractivity contribution is 5.77. The van der Waals surface area contributed by atoms with Crippen molar-refractivity contribution in [2.45, 2.75) is 25.9 Å². The first-order valence-corrected chi connectivity index (χ1v) is 5.05. The molecular formula is C12H12FNO3. The van der Waals surface area contributed by atoms with Gasteiger partial charge in [0.15, 0.2) is 0 Å². The number of aliphatic carboxylic acids is 1. The van der Waals surface area contributed by atoms with Gasteiger partial charge in [-0.1, -0.05) is 13.0 Å². The Labute approximate surface area is 98.2 Å². The van der Waals surface area contributed by atoms with Crippen LogP contribution < -0.4 is 4.74 Å². The third-order valence-corrected chi connectivity index (χ3v) is 2.55. The highest BCUT2D eigenvalue weighted by Gasteiger charge is 2.34. The molecule has 0 aliphatic heterocycles. The number of benzene rings is 1. The Morgan fingerprint density at radius 2 is 2.29 bits per heavy atom. The Morgan fingerprint density at radius 1 is 1.65 bits per heavy atom. The van der Waals surface area contributed by atoms with E-state index in [0.717, 1.165) is 6.07 Å². The van der Waals surface area contributed by atoms with Crippen LogP contribution in [0.5, 0.6) is 5.75 Å². The maximum Gasteiger partial charge on any atom is 0.347 e. The summed E-state index contributed by atoms with van der Waals surface area (Å²) in [4.78, 5) is 11.0. The molecule has 0 saturated carbocycles. The number of carboxylic acids is 1. The van der Waals surface area contributed by atoms with Crippen molar-refractivity contribution in [3.8, 4) is 11.8 Å². The molecule has 1 unspecified atom stereocenters. The molecule has 0 aliphatic carbocycles. The van der Waals surface area contributed by atoms with E-state index in [1.165, 1.54) is 19.1 Å². The van der Waals surface area contributed by atoms with Crippen LogP contribution in [0.2, 0.25) is 0 Å². The molecule has 1 aromatic carbocycles. The van der Waals surface area contributed by atoms with E-state index in [1.807, 2.05) is 0 Å². The van der Waals surface area contributed by atoms with Crippen molar-refractivity contribution >= 4 is 5.97 Å². The number of rotatable bonds is 4. The maximum absolute atomic E-state index is 13.3. The largest absolute Gasteiger partial charge is 0.478 e. The molecule has 0 radical (unpaired) electrons. The molecule has 0 saturated heterocycles. The fourth-order valence-corrected chi connectivity index (χ4v) is 1.21. The Balaban J connectivity index is 3.16. The van der Waals surface area contributed by atoms with E-state index in [1.54, 1.807) is 13.0 Å². The number of hydrogen-bond acceptors (Lipinski definition) is 3. The molecule has 5 heteroatoms. The predicted molar refractivity (Wildman–Crippen MR) is 58.1 cm³/mol. The number of ether oxygens (including phenoxy) is 1. The Kier molecular flexibility index (Phi) is 3.69. The fourth-order valence-electron chi connectivity index (χ4n) is 1.21. The average Bonchev–Trinajstić information content (AvgIpc) is 2.29. The molecule has 0 heterocycles. The number of halogens is 1. The zero-order valence-corrected chi connectivity index (χ0v) is 9.53. The van der Waals surface area contributed by atoms with Crippen LogP contribution in [0.15, 0.2) is 18.2 Å². The van der Waals surface area contributed by atoms with Gasteiger partial charge in [0.05, 0.1) is 0 Å². The second kappa shape index (κ2) is 4.83. The van der Waals surface area contributed by atoms with Crippen LogP contribution in [0, 0.1) is 17.1 Å². The van der Waals surface area contributed by atoms with Crippen LogP contribution in [-0.2, 0) is 4.79 Å². The molecule has 0 bridgehead atoms. The van der Waals surface area contributed by atoms with Crippen LogP contribution in [0.3, 0.4) is 0 Å². The van der Waals surface area contributed by atoms with Gasteiger partial charge in [-0.2, -0.15) is 5.26 Å². The number of carboxylic acid groups (broad SMARTS) is 1. The highest BCUT2D eigenvalue weighted by Crippen LogP contribution is 2.26. The number of nitriles is 1. The number of nitrogens with zero attached hydrogens (tertiary/aromatic N) is 1. The van der Waals surface area contributed by atoms with Crippen LogP contribution in [0.1, 0.15) is 25.8 Å². The molecule has 0 spiro atoms. The molecule has 0 fully saturated rings. The molecule has 1 N–H and O–H groups in total. The Bertz CT molecular complexity index is 481.